The minimum absolute atomic E-state index is 0. The Morgan fingerprint density at radius 1 is 1.86 bits per heavy atom. The molecule has 0 fully saturated rings. The van der Waals surface area contributed by atoms with Gasteiger partial charge in [-0.2, -0.15) is 0 Å². The van der Waals surface area contributed by atoms with Crippen molar-refractivity contribution >= 4 is 6.09 Å². The largest absolute Gasteiger partial charge is 0.450 e. The molecule has 0 aromatic heterocycles. The SMILES string of the molecule is CCOC(N)=O.[Hg]. The molecule has 4 heteroatoms. The zero-order valence-corrected chi connectivity index (χ0v) is 9.81. The molecule has 0 unspecified atom stereocenters. The second-order valence-corrected chi connectivity index (χ2v) is 0.752. The number of hydrogen-bond acceptors (Lipinski definition) is 2. The van der Waals surface area contributed by atoms with Gasteiger partial charge in [0.05, 0.1) is 6.61 Å². The molecule has 0 atom stereocenters. The standard InChI is InChI=1S/C3H7NO2.Hg/c1-2-6-3(4)5;/h2H2,1H3,(H2,4,5);. The van der Waals surface area contributed by atoms with Gasteiger partial charge in [-0.1, -0.05) is 0 Å². The molecule has 0 saturated carbocycles. The molecule has 0 aromatic carbocycles. The van der Waals surface area contributed by atoms with Crippen LogP contribution in [0.3, 0.4) is 0 Å². The Morgan fingerprint density at radius 2 is 2.29 bits per heavy atom. The van der Waals surface area contributed by atoms with Crippen molar-refractivity contribution in [2.45, 2.75) is 6.92 Å². The predicted molar refractivity (Wildman–Crippen MR) is 21.2 cm³/mol. The van der Waals surface area contributed by atoms with E-state index in [2.05, 4.69) is 10.5 Å². The summed E-state index contributed by atoms with van der Waals surface area (Å²) in [5.74, 6) is 0. The Bertz CT molecular complexity index is 56.9. The number of carbonyl (C=O) groups excluding carboxylic acids is 1. The van der Waals surface area contributed by atoms with Crippen LogP contribution in [0.25, 0.3) is 0 Å². The Balaban J connectivity index is 0. The summed E-state index contributed by atoms with van der Waals surface area (Å²) in [5.41, 5.74) is 4.54. The Hall–Kier alpha value is 0.205. The van der Waals surface area contributed by atoms with Crippen molar-refractivity contribution in [1.82, 2.24) is 0 Å². The number of nitrogens with two attached hydrogens (primary N) is 1. The first kappa shape index (κ1) is 10.2. The average molecular weight is 290 g/mol. The van der Waals surface area contributed by atoms with Gasteiger partial charge >= 0.3 is 6.09 Å². The Labute approximate surface area is 62.7 Å². The van der Waals surface area contributed by atoms with Crippen molar-refractivity contribution in [2.75, 3.05) is 6.61 Å². The van der Waals surface area contributed by atoms with Gasteiger partial charge in [-0.25, -0.2) is 4.79 Å². The van der Waals surface area contributed by atoms with Crippen LogP contribution in [0.15, 0.2) is 0 Å². The van der Waals surface area contributed by atoms with E-state index in [9.17, 15) is 4.79 Å². The molecule has 3 nitrogen and oxygen atoms in total. The number of hydrogen-bond donors (Lipinski definition) is 1. The van der Waals surface area contributed by atoms with E-state index in [1.54, 1.807) is 6.92 Å². The van der Waals surface area contributed by atoms with E-state index in [1.807, 2.05) is 0 Å². The first-order valence-corrected chi connectivity index (χ1v) is 1.69. The molecule has 0 heterocycles. The van der Waals surface area contributed by atoms with Crippen LogP contribution >= 0.6 is 0 Å². The first-order valence-electron chi connectivity index (χ1n) is 1.69. The van der Waals surface area contributed by atoms with E-state index in [-0.39, 0.29) is 27.7 Å². The third-order valence-corrected chi connectivity index (χ3v) is 0.287. The van der Waals surface area contributed by atoms with Crippen LogP contribution < -0.4 is 5.73 Å². The van der Waals surface area contributed by atoms with Gasteiger partial charge in [-0.05, 0) is 6.92 Å². The molecule has 0 rings (SSSR count). The predicted octanol–water partition coefficient (Wildman–Crippen LogP) is 0.0991. The zero-order valence-electron chi connectivity index (χ0n) is 4.31. The molecule has 0 bridgehead atoms. The molecule has 7 heavy (non-hydrogen) atoms. The fourth-order valence-electron chi connectivity index (χ4n) is 0.142. The summed E-state index contributed by atoms with van der Waals surface area (Å²) in [4.78, 5) is 9.60. The number of carbonyl (C=O) groups is 1. The molecule has 38 valence electrons. The second kappa shape index (κ2) is 6.21. The van der Waals surface area contributed by atoms with E-state index in [0.717, 1.165) is 0 Å². The van der Waals surface area contributed by atoms with Crippen LogP contribution in [-0.2, 0) is 32.4 Å². The summed E-state index contributed by atoms with van der Waals surface area (Å²) in [6.07, 6.45) is -0.711. The maximum atomic E-state index is 9.60. The first-order chi connectivity index (χ1) is 2.77. The van der Waals surface area contributed by atoms with Crippen LogP contribution in [0.2, 0.25) is 0 Å². The van der Waals surface area contributed by atoms with Crippen LogP contribution in [0.4, 0.5) is 4.79 Å². The molecule has 0 aromatic rings. The summed E-state index contributed by atoms with van der Waals surface area (Å²) >= 11 is 0. The molecule has 0 aliphatic heterocycles. The average Bonchev–Trinajstić information content (AvgIpc) is 1.35. The molecular weight excluding hydrogens is 283 g/mol. The van der Waals surface area contributed by atoms with Gasteiger partial charge in [-0.15, -0.1) is 0 Å². The molecule has 1 amide bonds. The molecular formula is C3H7HgNO2. The minimum Gasteiger partial charge on any atom is -0.450 e. The van der Waals surface area contributed by atoms with E-state index in [0.29, 0.717) is 6.61 Å². The third-order valence-electron chi connectivity index (χ3n) is 0.287. The van der Waals surface area contributed by atoms with Crippen molar-refractivity contribution in [3.05, 3.63) is 0 Å². The summed E-state index contributed by atoms with van der Waals surface area (Å²) < 4.78 is 4.18. The molecule has 2 N–H and O–H groups in total. The second-order valence-electron chi connectivity index (χ2n) is 0.752. The smallest absolute Gasteiger partial charge is 0.404 e. The quantitative estimate of drug-likeness (QED) is 0.696. The van der Waals surface area contributed by atoms with Gasteiger partial charge in [0.15, 0.2) is 0 Å². The van der Waals surface area contributed by atoms with Gasteiger partial charge in [-0.3, -0.25) is 0 Å². The topological polar surface area (TPSA) is 52.3 Å². The monoisotopic (exact) mass is 291 g/mol. The summed E-state index contributed by atoms with van der Waals surface area (Å²) in [6, 6.07) is 0. The van der Waals surface area contributed by atoms with Gasteiger partial charge in [0.25, 0.3) is 0 Å². The van der Waals surface area contributed by atoms with Crippen molar-refractivity contribution < 1.29 is 37.2 Å². The maximum Gasteiger partial charge on any atom is 0.404 e. The van der Waals surface area contributed by atoms with Crippen molar-refractivity contribution in [3.8, 4) is 0 Å². The minimum atomic E-state index is -0.711. The van der Waals surface area contributed by atoms with Gasteiger partial charge in [0.1, 0.15) is 0 Å². The van der Waals surface area contributed by atoms with Gasteiger partial charge < -0.3 is 10.5 Å². The summed E-state index contributed by atoms with van der Waals surface area (Å²) in [6.45, 7) is 2.06. The summed E-state index contributed by atoms with van der Waals surface area (Å²) in [5, 5.41) is 0. The molecule has 0 radical (unpaired) electrons. The van der Waals surface area contributed by atoms with Crippen molar-refractivity contribution in [3.63, 3.8) is 0 Å². The van der Waals surface area contributed by atoms with E-state index >= 15 is 0 Å². The normalized spacial score (nSPS) is 6.43. The number of amides is 1. The van der Waals surface area contributed by atoms with Crippen molar-refractivity contribution in [2.24, 2.45) is 5.73 Å². The van der Waals surface area contributed by atoms with Crippen LogP contribution in [0, 0.1) is 0 Å². The summed E-state index contributed by atoms with van der Waals surface area (Å²) in [7, 11) is 0. The number of primary amides is 1. The zero-order chi connectivity index (χ0) is 4.99. The van der Waals surface area contributed by atoms with E-state index in [1.165, 1.54) is 0 Å². The number of rotatable bonds is 1. The van der Waals surface area contributed by atoms with Crippen molar-refractivity contribution in [1.29, 1.82) is 0 Å². The molecule has 0 spiro atoms. The molecule has 0 saturated heterocycles. The number of ether oxygens (including phenoxy) is 1. The Morgan fingerprint density at radius 3 is 2.29 bits per heavy atom. The van der Waals surface area contributed by atoms with Crippen LogP contribution in [0.5, 0.6) is 0 Å². The van der Waals surface area contributed by atoms with Crippen LogP contribution in [-0.4, -0.2) is 12.7 Å². The van der Waals surface area contributed by atoms with Crippen LogP contribution in [0.1, 0.15) is 6.92 Å². The fourth-order valence-corrected chi connectivity index (χ4v) is 0.142. The molecule has 0 aliphatic rings. The van der Waals surface area contributed by atoms with Gasteiger partial charge in [0, 0.05) is 27.7 Å². The fraction of sp³-hybridized carbons (Fsp3) is 0.667. The molecule has 0 aliphatic carbocycles. The van der Waals surface area contributed by atoms with Gasteiger partial charge in [0.2, 0.25) is 0 Å². The van der Waals surface area contributed by atoms with E-state index in [4.69, 9.17) is 0 Å². The maximum absolute atomic E-state index is 9.60. The third kappa shape index (κ3) is 10.7. The van der Waals surface area contributed by atoms with E-state index < -0.39 is 6.09 Å². The Kier molecular flexibility index (Phi) is 9.08.